The molecule has 1 aliphatic rings. The van der Waals surface area contributed by atoms with Gasteiger partial charge in [0.15, 0.2) is 5.96 Å². The molecule has 2 N–H and O–H groups in total. The number of hydrogen-bond acceptors (Lipinski definition) is 2. The first-order chi connectivity index (χ1) is 13.2. The molecule has 1 atom stereocenters. The molecule has 3 rings (SSSR count). The molecule has 1 aliphatic heterocycles. The van der Waals surface area contributed by atoms with Crippen LogP contribution in [0.2, 0.25) is 0 Å². The van der Waals surface area contributed by atoms with Gasteiger partial charge in [-0.05, 0) is 48.6 Å². The lowest BCUT2D eigenvalue weighted by atomic mass is 10.1. The fourth-order valence-electron chi connectivity index (χ4n) is 3.46. The lowest BCUT2D eigenvalue weighted by molar-refractivity contribution is 0.328. The van der Waals surface area contributed by atoms with Gasteiger partial charge in [0.2, 0.25) is 0 Å². The summed E-state index contributed by atoms with van der Waals surface area (Å²) in [6.45, 7) is 4.98. The summed E-state index contributed by atoms with van der Waals surface area (Å²) in [5.41, 5.74) is 2.44. The van der Waals surface area contributed by atoms with E-state index in [0.717, 1.165) is 37.6 Å². The van der Waals surface area contributed by atoms with Crippen LogP contribution in [-0.4, -0.2) is 44.1 Å². The van der Waals surface area contributed by atoms with Gasteiger partial charge in [0, 0.05) is 33.2 Å². The number of hydrogen-bond donors (Lipinski definition) is 2. The largest absolute Gasteiger partial charge is 0.356 e. The number of rotatable bonds is 7. The molecular weight excluding hydrogens is 339 g/mol. The lowest BCUT2D eigenvalue weighted by Gasteiger charge is -2.17. The van der Waals surface area contributed by atoms with Gasteiger partial charge in [-0.25, -0.2) is 4.39 Å². The van der Waals surface area contributed by atoms with Crippen molar-refractivity contribution in [3.8, 4) is 0 Å². The van der Waals surface area contributed by atoms with Crippen LogP contribution in [0.15, 0.2) is 59.6 Å². The molecule has 2 aromatic carbocycles. The van der Waals surface area contributed by atoms with Crippen molar-refractivity contribution in [3.63, 3.8) is 0 Å². The Labute approximate surface area is 161 Å². The maximum atomic E-state index is 13.0. The van der Waals surface area contributed by atoms with Crippen molar-refractivity contribution < 1.29 is 4.39 Å². The van der Waals surface area contributed by atoms with E-state index >= 15 is 0 Å². The second-order valence-electron chi connectivity index (χ2n) is 7.12. The smallest absolute Gasteiger partial charge is 0.191 e. The molecule has 0 aromatic heterocycles. The number of aliphatic imine (C=N–C) groups is 1. The average molecular weight is 369 g/mol. The second-order valence-corrected chi connectivity index (χ2v) is 7.12. The molecule has 0 saturated carbocycles. The Balaban J connectivity index is 1.35. The number of nitrogens with one attached hydrogen (secondary N) is 2. The van der Waals surface area contributed by atoms with Crippen LogP contribution in [0.1, 0.15) is 17.5 Å². The molecule has 0 spiro atoms. The molecule has 1 fully saturated rings. The van der Waals surface area contributed by atoms with E-state index in [9.17, 15) is 4.39 Å². The molecule has 1 saturated heterocycles. The normalized spacial score (nSPS) is 17.9. The van der Waals surface area contributed by atoms with E-state index in [4.69, 9.17) is 0 Å². The van der Waals surface area contributed by atoms with Gasteiger partial charge >= 0.3 is 0 Å². The SMILES string of the molecule is CN=C(NCc1ccc(F)cc1)NCC1CCN(CCc2ccccc2)C1. The van der Waals surface area contributed by atoms with Crippen LogP contribution in [-0.2, 0) is 13.0 Å². The van der Waals surface area contributed by atoms with Gasteiger partial charge in [0.25, 0.3) is 0 Å². The fourth-order valence-corrected chi connectivity index (χ4v) is 3.46. The molecule has 4 nitrogen and oxygen atoms in total. The van der Waals surface area contributed by atoms with Gasteiger partial charge in [0.1, 0.15) is 5.82 Å². The number of nitrogens with zero attached hydrogens (tertiary/aromatic N) is 2. The number of likely N-dealkylation sites (tertiary alicyclic amines) is 1. The van der Waals surface area contributed by atoms with Crippen molar-refractivity contribution >= 4 is 5.96 Å². The minimum Gasteiger partial charge on any atom is -0.356 e. The first-order valence-corrected chi connectivity index (χ1v) is 9.68. The van der Waals surface area contributed by atoms with Crippen LogP contribution in [0.3, 0.4) is 0 Å². The standard InChI is InChI=1S/C22H29FN4/c1-24-22(25-15-19-7-9-21(23)10-8-19)26-16-20-12-14-27(17-20)13-11-18-5-3-2-4-6-18/h2-10,20H,11-17H2,1H3,(H2,24,25,26). The minimum atomic E-state index is -0.209. The topological polar surface area (TPSA) is 39.7 Å². The molecule has 1 heterocycles. The van der Waals surface area contributed by atoms with E-state index in [1.165, 1.54) is 30.7 Å². The lowest BCUT2D eigenvalue weighted by Crippen LogP contribution is -2.40. The summed E-state index contributed by atoms with van der Waals surface area (Å²) in [5, 5.41) is 6.72. The first kappa shape index (κ1) is 19.4. The Morgan fingerprint density at radius 3 is 2.59 bits per heavy atom. The Morgan fingerprint density at radius 2 is 1.85 bits per heavy atom. The second kappa shape index (κ2) is 10.1. The van der Waals surface area contributed by atoms with Crippen LogP contribution in [0.5, 0.6) is 0 Å². The van der Waals surface area contributed by atoms with Gasteiger partial charge < -0.3 is 15.5 Å². The van der Waals surface area contributed by atoms with Crippen LogP contribution in [0.4, 0.5) is 4.39 Å². The van der Waals surface area contributed by atoms with Crippen molar-refractivity contribution in [1.82, 2.24) is 15.5 Å². The maximum Gasteiger partial charge on any atom is 0.191 e. The van der Waals surface area contributed by atoms with Crippen molar-refractivity contribution in [3.05, 3.63) is 71.5 Å². The monoisotopic (exact) mass is 368 g/mol. The molecule has 0 radical (unpaired) electrons. The zero-order valence-corrected chi connectivity index (χ0v) is 16.0. The Bertz CT molecular complexity index is 715. The number of guanidine groups is 1. The Hall–Kier alpha value is -2.40. The van der Waals surface area contributed by atoms with Gasteiger partial charge in [-0.1, -0.05) is 42.5 Å². The zero-order chi connectivity index (χ0) is 18.9. The van der Waals surface area contributed by atoms with Gasteiger partial charge in [-0.2, -0.15) is 0 Å². The highest BCUT2D eigenvalue weighted by Crippen LogP contribution is 2.16. The predicted octanol–water partition coefficient (Wildman–Crippen LogP) is 3.06. The summed E-state index contributed by atoms with van der Waals surface area (Å²) >= 11 is 0. The van der Waals surface area contributed by atoms with E-state index < -0.39 is 0 Å². The average Bonchev–Trinajstić information content (AvgIpc) is 3.16. The summed E-state index contributed by atoms with van der Waals surface area (Å²) < 4.78 is 13.0. The van der Waals surface area contributed by atoms with Gasteiger partial charge in [0.05, 0.1) is 0 Å². The first-order valence-electron chi connectivity index (χ1n) is 9.68. The maximum absolute atomic E-state index is 13.0. The number of halogens is 1. The van der Waals surface area contributed by atoms with Crippen LogP contribution >= 0.6 is 0 Å². The summed E-state index contributed by atoms with van der Waals surface area (Å²) in [5.74, 6) is 1.23. The summed E-state index contributed by atoms with van der Waals surface area (Å²) in [6, 6.07) is 17.2. The Kier molecular flexibility index (Phi) is 7.22. The molecule has 27 heavy (non-hydrogen) atoms. The minimum absolute atomic E-state index is 0.209. The highest BCUT2D eigenvalue weighted by molar-refractivity contribution is 5.79. The third-order valence-electron chi connectivity index (χ3n) is 5.08. The van der Waals surface area contributed by atoms with E-state index in [1.807, 2.05) is 0 Å². The summed E-state index contributed by atoms with van der Waals surface area (Å²) in [4.78, 5) is 6.83. The molecular formula is C22H29FN4. The quantitative estimate of drug-likeness (QED) is 0.583. The van der Waals surface area contributed by atoms with E-state index in [-0.39, 0.29) is 5.82 Å². The highest BCUT2D eigenvalue weighted by atomic mass is 19.1. The zero-order valence-electron chi connectivity index (χ0n) is 16.0. The van der Waals surface area contributed by atoms with Crippen molar-refractivity contribution in [2.24, 2.45) is 10.9 Å². The Morgan fingerprint density at radius 1 is 1.07 bits per heavy atom. The number of benzene rings is 2. The van der Waals surface area contributed by atoms with Crippen LogP contribution < -0.4 is 10.6 Å². The van der Waals surface area contributed by atoms with Crippen LogP contribution in [0, 0.1) is 11.7 Å². The highest BCUT2D eigenvalue weighted by Gasteiger charge is 2.22. The summed E-state index contributed by atoms with van der Waals surface area (Å²) in [6.07, 6.45) is 2.33. The van der Waals surface area contributed by atoms with Crippen molar-refractivity contribution in [2.45, 2.75) is 19.4 Å². The molecule has 144 valence electrons. The predicted molar refractivity (Wildman–Crippen MR) is 109 cm³/mol. The van der Waals surface area contributed by atoms with E-state index in [1.54, 1.807) is 19.2 Å². The third kappa shape index (κ3) is 6.36. The van der Waals surface area contributed by atoms with E-state index in [0.29, 0.717) is 12.5 Å². The van der Waals surface area contributed by atoms with Crippen molar-refractivity contribution in [2.75, 3.05) is 33.2 Å². The molecule has 0 bridgehead atoms. The van der Waals surface area contributed by atoms with Crippen LogP contribution in [0.25, 0.3) is 0 Å². The fraction of sp³-hybridized carbons (Fsp3) is 0.409. The third-order valence-corrected chi connectivity index (χ3v) is 5.08. The summed E-state index contributed by atoms with van der Waals surface area (Å²) in [7, 11) is 1.78. The van der Waals surface area contributed by atoms with E-state index in [2.05, 4.69) is 50.9 Å². The van der Waals surface area contributed by atoms with Crippen molar-refractivity contribution in [1.29, 1.82) is 0 Å². The molecule has 0 amide bonds. The molecule has 1 unspecified atom stereocenters. The molecule has 0 aliphatic carbocycles. The molecule has 2 aromatic rings. The van der Waals surface area contributed by atoms with Gasteiger partial charge in [-0.3, -0.25) is 4.99 Å². The molecule has 5 heteroatoms. The van der Waals surface area contributed by atoms with Gasteiger partial charge in [-0.15, -0.1) is 0 Å².